The van der Waals surface area contributed by atoms with E-state index in [2.05, 4.69) is 0 Å². The van der Waals surface area contributed by atoms with Crippen molar-refractivity contribution in [3.8, 4) is 0 Å². The molecule has 0 spiro atoms. The Morgan fingerprint density at radius 1 is 1.31 bits per heavy atom. The van der Waals surface area contributed by atoms with Crippen LogP contribution in [0.2, 0.25) is 10.0 Å². The number of hydrogen-bond donors (Lipinski definition) is 1. The van der Waals surface area contributed by atoms with Gasteiger partial charge in [0.25, 0.3) is 0 Å². The minimum absolute atomic E-state index is 0.0178. The smallest absolute Gasteiger partial charge is 0.160 e. The summed E-state index contributed by atoms with van der Waals surface area (Å²) >= 11 is 11.1. The highest BCUT2D eigenvalue weighted by Gasteiger charge is 2.05. The molecule has 2 N–H and O–H groups in total. The molecule has 1 rings (SSSR count). The lowest BCUT2D eigenvalue weighted by molar-refractivity contribution is 0.628. The van der Waals surface area contributed by atoms with E-state index in [1.54, 1.807) is 12.2 Å². The SMILES string of the molecule is NCC=Cc1cc(Cl)c(F)c(Cl)c1. The molecule has 0 aromatic heterocycles. The van der Waals surface area contributed by atoms with Gasteiger partial charge in [-0.2, -0.15) is 0 Å². The quantitative estimate of drug-likeness (QED) is 0.761. The van der Waals surface area contributed by atoms with Crippen LogP contribution in [-0.4, -0.2) is 6.54 Å². The molecule has 13 heavy (non-hydrogen) atoms. The maximum atomic E-state index is 12.9. The van der Waals surface area contributed by atoms with Crippen LogP contribution in [-0.2, 0) is 0 Å². The van der Waals surface area contributed by atoms with Crippen molar-refractivity contribution in [1.29, 1.82) is 0 Å². The van der Waals surface area contributed by atoms with Crippen LogP contribution in [0.15, 0.2) is 18.2 Å². The van der Waals surface area contributed by atoms with Crippen molar-refractivity contribution < 1.29 is 4.39 Å². The van der Waals surface area contributed by atoms with E-state index in [9.17, 15) is 4.39 Å². The Kier molecular flexibility index (Phi) is 3.72. The highest BCUT2D eigenvalue weighted by molar-refractivity contribution is 6.35. The first-order valence-corrected chi connectivity index (χ1v) is 4.42. The molecule has 0 atom stereocenters. The second-order valence-corrected chi connectivity index (χ2v) is 3.25. The Bertz CT molecular complexity index is 313. The maximum absolute atomic E-state index is 12.9. The molecule has 0 saturated carbocycles. The molecule has 0 fully saturated rings. The molecule has 70 valence electrons. The summed E-state index contributed by atoms with van der Waals surface area (Å²) in [4.78, 5) is 0. The Balaban J connectivity index is 3.06. The van der Waals surface area contributed by atoms with Crippen LogP contribution in [0.25, 0.3) is 6.08 Å². The molecule has 1 nitrogen and oxygen atoms in total. The van der Waals surface area contributed by atoms with Crippen molar-refractivity contribution in [1.82, 2.24) is 0 Å². The Morgan fingerprint density at radius 3 is 2.31 bits per heavy atom. The molecule has 4 heteroatoms. The fourth-order valence-corrected chi connectivity index (χ4v) is 1.38. The van der Waals surface area contributed by atoms with Crippen LogP contribution in [0.1, 0.15) is 5.56 Å². The van der Waals surface area contributed by atoms with E-state index < -0.39 is 5.82 Å². The van der Waals surface area contributed by atoms with Gasteiger partial charge in [-0.1, -0.05) is 35.4 Å². The fourth-order valence-electron chi connectivity index (χ4n) is 0.875. The first-order valence-electron chi connectivity index (χ1n) is 3.66. The second-order valence-electron chi connectivity index (χ2n) is 2.44. The molecule has 0 aliphatic heterocycles. The molecular formula is C9H8Cl2FN. The monoisotopic (exact) mass is 219 g/mol. The van der Waals surface area contributed by atoms with Crippen molar-refractivity contribution in [3.05, 3.63) is 39.6 Å². The molecule has 1 aromatic carbocycles. The van der Waals surface area contributed by atoms with E-state index in [4.69, 9.17) is 28.9 Å². The van der Waals surface area contributed by atoms with E-state index >= 15 is 0 Å². The van der Waals surface area contributed by atoms with Crippen molar-refractivity contribution in [2.45, 2.75) is 0 Å². The predicted molar refractivity (Wildman–Crippen MR) is 54.5 cm³/mol. The molecule has 1 aromatic rings. The number of nitrogens with two attached hydrogens (primary N) is 1. The summed E-state index contributed by atoms with van der Waals surface area (Å²) < 4.78 is 12.9. The summed E-state index contributed by atoms with van der Waals surface area (Å²) in [5.74, 6) is -0.590. The minimum Gasteiger partial charge on any atom is -0.327 e. The summed E-state index contributed by atoms with van der Waals surface area (Å²) in [5, 5.41) is 0.0355. The molecule has 0 saturated heterocycles. The van der Waals surface area contributed by atoms with Crippen molar-refractivity contribution in [3.63, 3.8) is 0 Å². The molecule has 0 heterocycles. The summed E-state index contributed by atoms with van der Waals surface area (Å²) in [6.07, 6.45) is 3.47. The lowest BCUT2D eigenvalue weighted by atomic mass is 10.2. The molecule has 0 amide bonds. The topological polar surface area (TPSA) is 26.0 Å². The van der Waals surface area contributed by atoms with Gasteiger partial charge in [0.2, 0.25) is 0 Å². The molecule has 0 aliphatic carbocycles. The predicted octanol–water partition coefficient (Wildman–Crippen LogP) is 3.10. The summed E-state index contributed by atoms with van der Waals surface area (Å²) in [6, 6.07) is 2.99. The number of hydrogen-bond acceptors (Lipinski definition) is 1. The summed E-state index contributed by atoms with van der Waals surface area (Å²) in [6.45, 7) is 0.423. The minimum atomic E-state index is -0.590. The van der Waals surface area contributed by atoms with Crippen molar-refractivity contribution in [2.75, 3.05) is 6.54 Å². The first-order chi connectivity index (χ1) is 6.15. The molecule has 0 aliphatic rings. The van der Waals surface area contributed by atoms with Gasteiger partial charge < -0.3 is 5.73 Å². The van der Waals surface area contributed by atoms with E-state index in [1.807, 2.05) is 0 Å². The zero-order valence-electron chi connectivity index (χ0n) is 6.73. The molecule has 0 radical (unpaired) electrons. The summed E-state index contributed by atoms with van der Waals surface area (Å²) in [5.41, 5.74) is 5.99. The van der Waals surface area contributed by atoms with Crippen molar-refractivity contribution >= 4 is 29.3 Å². The van der Waals surface area contributed by atoms with Gasteiger partial charge >= 0.3 is 0 Å². The third-order valence-electron chi connectivity index (χ3n) is 1.45. The normalized spacial score (nSPS) is 11.1. The van der Waals surface area contributed by atoms with Gasteiger partial charge in [0.1, 0.15) is 0 Å². The van der Waals surface area contributed by atoms with Crippen LogP contribution < -0.4 is 5.73 Å². The second kappa shape index (κ2) is 4.61. The lowest BCUT2D eigenvalue weighted by Crippen LogP contribution is -1.92. The van der Waals surface area contributed by atoms with Crippen LogP contribution in [0.3, 0.4) is 0 Å². The standard InChI is InChI=1S/C9H8Cl2FN/c10-7-4-6(2-1-3-13)5-8(11)9(7)12/h1-2,4-5H,3,13H2. The van der Waals surface area contributed by atoms with Gasteiger partial charge in [0.05, 0.1) is 10.0 Å². The van der Waals surface area contributed by atoms with E-state index in [0.29, 0.717) is 6.54 Å². The van der Waals surface area contributed by atoms with Gasteiger partial charge in [-0.15, -0.1) is 0 Å². The zero-order chi connectivity index (χ0) is 9.84. The fraction of sp³-hybridized carbons (Fsp3) is 0.111. The lowest BCUT2D eigenvalue weighted by Gasteiger charge is -1.99. The van der Waals surface area contributed by atoms with Crippen LogP contribution in [0.4, 0.5) is 4.39 Å². The van der Waals surface area contributed by atoms with E-state index in [-0.39, 0.29) is 10.0 Å². The maximum Gasteiger partial charge on any atom is 0.160 e. The van der Waals surface area contributed by atoms with Crippen LogP contribution in [0.5, 0.6) is 0 Å². The molecule has 0 unspecified atom stereocenters. The van der Waals surface area contributed by atoms with Gasteiger partial charge in [-0.25, -0.2) is 4.39 Å². The average molecular weight is 220 g/mol. The van der Waals surface area contributed by atoms with Gasteiger partial charge in [-0.05, 0) is 17.7 Å². The highest BCUT2D eigenvalue weighted by Crippen LogP contribution is 2.25. The van der Waals surface area contributed by atoms with Gasteiger partial charge in [-0.3, -0.25) is 0 Å². The number of rotatable bonds is 2. The third-order valence-corrected chi connectivity index (χ3v) is 2.00. The molecule has 0 bridgehead atoms. The van der Waals surface area contributed by atoms with Crippen LogP contribution >= 0.6 is 23.2 Å². The zero-order valence-corrected chi connectivity index (χ0v) is 8.24. The van der Waals surface area contributed by atoms with E-state index in [1.165, 1.54) is 12.1 Å². The summed E-state index contributed by atoms with van der Waals surface area (Å²) in [7, 11) is 0. The third kappa shape index (κ3) is 2.69. The largest absolute Gasteiger partial charge is 0.327 e. The van der Waals surface area contributed by atoms with Gasteiger partial charge in [0.15, 0.2) is 5.82 Å². The first kappa shape index (κ1) is 10.5. The Hall–Kier alpha value is -0.570. The van der Waals surface area contributed by atoms with Gasteiger partial charge in [0, 0.05) is 6.54 Å². The van der Waals surface area contributed by atoms with Crippen LogP contribution in [0, 0.1) is 5.82 Å². The Labute approximate surface area is 85.9 Å². The number of benzene rings is 1. The van der Waals surface area contributed by atoms with E-state index in [0.717, 1.165) is 5.56 Å². The number of halogens is 3. The Morgan fingerprint density at radius 2 is 1.85 bits per heavy atom. The molecular weight excluding hydrogens is 212 g/mol. The van der Waals surface area contributed by atoms with Crippen molar-refractivity contribution in [2.24, 2.45) is 5.73 Å². The highest BCUT2D eigenvalue weighted by atomic mass is 35.5. The average Bonchev–Trinajstić information content (AvgIpc) is 2.10.